The van der Waals surface area contributed by atoms with Crippen LogP contribution < -0.4 is 0 Å². The fraction of sp³-hybridized carbons (Fsp3) is 0.727. The summed E-state index contributed by atoms with van der Waals surface area (Å²) in [5.74, 6) is -0.963. The van der Waals surface area contributed by atoms with Crippen molar-refractivity contribution in [3.8, 4) is 0 Å². The summed E-state index contributed by atoms with van der Waals surface area (Å²) in [6, 6.07) is 0. The molecule has 5 heteroatoms. The monoisotopic (exact) mass is 376 g/mol. The first-order valence-electron chi connectivity index (χ1n) is 9.90. The number of carbonyl (C=O) groups excluding carboxylic acids is 2. The number of hydrogen-bond donors (Lipinski definition) is 2. The van der Waals surface area contributed by atoms with Gasteiger partial charge in [-0.25, -0.2) is 4.79 Å². The number of aliphatic hydroxyl groups is 2. The van der Waals surface area contributed by atoms with Gasteiger partial charge in [0.15, 0.2) is 0 Å². The standard InChI is InChI=1S/C22H32O5/c1-6-20(4)11-16(27-17(25)12-23)21(5)13(2)7-9-22(14(3)19(20)26)10-8-15(24)18(21)22/h6,14,16,18-19,23,26H,1-2,7-12H2,3-5H3/t14-,16+,18?,19-,20-,21-,22-/m0/s1. The molecule has 3 fully saturated rings. The highest BCUT2D eigenvalue weighted by Crippen LogP contribution is 2.67. The van der Waals surface area contributed by atoms with E-state index in [9.17, 15) is 19.8 Å². The van der Waals surface area contributed by atoms with Gasteiger partial charge in [0.25, 0.3) is 0 Å². The Morgan fingerprint density at radius 3 is 2.56 bits per heavy atom. The van der Waals surface area contributed by atoms with Crippen molar-refractivity contribution < 1.29 is 24.5 Å². The average Bonchev–Trinajstić information content (AvgIpc) is 3.00. The van der Waals surface area contributed by atoms with Gasteiger partial charge in [0.1, 0.15) is 18.5 Å². The Balaban J connectivity index is 2.22. The van der Waals surface area contributed by atoms with Crippen molar-refractivity contribution in [1.29, 1.82) is 0 Å². The van der Waals surface area contributed by atoms with E-state index in [2.05, 4.69) is 13.2 Å². The summed E-state index contributed by atoms with van der Waals surface area (Å²) in [7, 11) is 0. The van der Waals surface area contributed by atoms with E-state index in [0.717, 1.165) is 24.8 Å². The summed E-state index contributed by atoms with van der Waals surface area (Å²) < 4.78 is 5.71. The second kappa shape index (κ2) is 6.56. The van der Waals surface area contributed by atoms with E-state index in [1.54, 1.807) is 6.08 Å². The van der Waals surface area contributed by atoms with Crippen molar-refractivity contribution in [1.82, 2.24) is 0 Å². The number of hydrogen-bond acceptors (Lipinski definition) is 5. The number of Topliss-reactive ketones (excluding diaryl/α,β-unsaturated/α-hetero) is 1. The summed E-state index contributed by atoms with van der Waals surface area (Å²) in [6.07, 6.45) is 3.50. The van der Waals surface area contributed by atoms with Crippen molar-refractivity contribution in [3.05, 3.63) is 24.8 Å². The summed E-state index contributed by atoms with van der Waals surface area (Å²) >= 11 is 0. The minimum atomic E-state index is -0.717. The Morgan fingerprint density at radius 1 is 1.33 bits per heavy atom. The molecule has 27 heavy (non-hydrogen) atoms. The maximum atomic E-state index is 13.1. The van der Waals surface area contributed by atoms with Crippen LogP contribution in [0.1, 0.15) is 52.9 Å². The van der Waals surface area contributed by atoms with Crippen LogP contribution in [0.15, 0.2) is 24.8 Å². The van der Waals surface area contributed by atoms with E-state index >= 15 is 0 Å². The minimum Gasteiger partial charge on any atom is -0.460 e. The van der Waals surface area contributed by atoms with Gasteiger partial charge < -0.3 is 14.9 Å². The van der Waals surface area contributed by atoms with Gasteiger partial charge >= 0.3 is 5.97 Å². The van der Waals surface area contributed by atoms with Crippen LogP contribution in [0, 0.1) is 28.1 Å². The van der Waals surface area contributed by atoms with E-state index in [1.165, 1.54) is 0 Å². The van der Waals surface area contributed by atoms with Gasteiger partial charge in [-0.3, -0.25) is 4.79 Å². The summed E-state index contributed by atoms with van der Waals surface area (Å²) in [5.41, 5.74) is -0.803. The van der Waals surface area contributed by atoms with E-state index in [0.29, 0.717) is 12.8 Å². The van der Waals surface area contributed by atoms with Crippen molar-refractivity contribution in [2.24, 2.45) is 28.1 Å². The van der Waals surface area contributed by atoms with Crippen LogP contribution in [0.2, 0.25) is 0 Å². The molecule has 0 aromatic heterocycles. The molecule has 0 aromatic carbocycles. The lowest BCUT2D eigenvalue weighted by Crippen LogP contribution is -2.61. The number of carbonyl (C=O) groups is 2. The minimum absolute atomic E-state index is 0.0844. The SMILES string of the molecule is C=C[C@@]1(C)C[C@@H](OC(=O)CO)[C@]2(C)C(=C)CC[C@]3(CCC(=O)C32)[C@@H](C)[C@@H]1O. The first-order valence-corrected chi connectivity index (χ1v) is 9.90. The Hall–Kier alpha value is -1.46. The second-order valence-electron chi connectivity index (χ2n) is 9.30. The number of ether oxygens (including phenoxy) is 1. The smallest absolute Gasteiger partial charge is 0.332 e. The predicted octanol–water partition coefficient (Wildman–Crippen LogP) is 2.81. The predicted molar refractivity (Wildman–Crippen MR) is 102 cm³/mol. The van der Waals surface area contributed by atoms with E-state index < -0.39 is 35.6 Å². The molecule has 0 radical (unpaired) electrons. The molecule has 0 amide bonds. The molecule has 3 aliphatic carbocycles. The van der Waals surface area contributed by atoms with Gasteiger partial charge in [-0.15, -0.1) is 6.58 Å². The molecule has 0 aliphatic heterocycles. The number of esters is 1. The largest absolute Gasteiger partial charge is 0.460 e. The summed E-state index contributed by atoms with van der Waals surface area (Å²) in [5, 5.41) is 20.6. The highest BCUT2D eigenvalue weighted by Gasteiger charge is 2.67. The lowest BCUT2D eigenvalue weighted by molar-refractivity contribution is -0.185. The molecule has 0 heterocycles. The molecular formula is C22H32O5. The number of aliphatic hydroxyl groups excluding tert-OH is 2. The van der Waals surface area contributed by atoms with Crippen LogP contribution in [0.4, 0.5) is 0 Å². The Bertz CT molecular complexity index is 684. The van der Waals surface area contributed by atoms with Crippen LogP contribution in [-0.2, 0) is 14.3 Å². The Kier molecular flexibility index (Phi) is 4.92. The Morgan fingerprint density at radius 2 is 1.96 bits per heavy atom. The zero-order valence-corrected chi connectivity index (χ0v) is 16.7. The van der Waals surface area contributed by atoms with Gasteiger partial charge in [-0.2, -0.15) is 0 Å². The fourth-order valence-electron chi connectivity index (χ4n) is 6.34. The molecule has 3 saturated carbocycles. The fourth-order valence-corrected chi connectivity index (χ4v) is 6.34. The molecule has 2 N–H and O–H groups in total. The molecule has 1 unspecified atom stereocenters. The van der Waals surface area contributed by atoms with E-state index in [1.807, 2.05) is 20.8 Å². The van der Waals surface area contributed by atoms with Crippen LogP contribution in [0.3, 0.4) is 0 Å². The lowest BCUT2D eigenvalue weighted by Gasteiger charge is -2.60. The van der Waals surface area contributed by atoms with Crippen LogP contribution in [0.25, 0.3) is 0 Å². The third-order valence-electron chi connectivity index (χ3n) is 8.21. The lowest BCUT2D eigenvalue weighted by atomic mass is 9.45. The maximum absolute atomic E-state index is 13.1. The summed E-state index contributed by atoms with van der Waals surface area (Å²) in [6.45, 7) is 13.5. The quantitative estimate of drug-likeness (QED) is 0.584. The average molecular weight is 376 g/mol. The Labute approximate surface area is 161 Å². The first-order chi connectivity index (χ1) is 12.6. The zero-order chi connectivity index (χ0) is 20.2. The van der Waals surface area contributed by atoms with E-state index in [4.69, 9.17) is 4.74 Å². The molecule has 5 nitrogen and oxygen atoms in total. The van der Waals surface area contributed by atoms with Crippen LogP contribution in [-0.4, -0.2) is 40.8 Å². The van der Waals surface area contributed by atoms with Crippen LogP contribution in [0.5, 0.6) is 0 Å². The molecule has 3 aliphatic rings. The van der Waals surface area contributed by atoms with Crippen molar-refractivity contribution >= 4 is 11.8 Å². The number of ketones is 1. The topological polar surface area (TPSA) is 83.8 Å². The van der Waals surface area contributed by atoms with E-state index in [-0.39, 0.29) is 23.0 Å². The van der Waals surface area contributed by atoms with Gasteiger partial charge in [-0.05, 0) is 37.0 Å². The molecule has 7 atom stereocenters. The normalized spacial score (nSPS) is 47.0. The molecule has 150 valence electrons. The molecule has 0 spiro atoms. The van der Waals surface area contributed by atoms with Gasteiger partial charge in [0.05, 0.1) is 6.10 Å². The number of rotatable bonds is 3. The molecule has 2 bridgehead atoms. The molecule has 0 aromatic rings. The van der Waals surface area contributed by atoms with Crippen molar-refractivity contribution in [2.45, 2.75) is 65.1 Å². The van der Waals surface area contributed by atoms with Crippen molar-refractivity contribution in [2.75, 3.05) is 6.61 Å². The molecule has 3 rings (SSSR count). The van der Waals surface area contributed by atoms with Gasteiger partial charge in [-0.1, -0.05) is 39.0 Å². The maximum Gasteiger partial charge on any atom is 0.332 e. The third kappa shape index (κ3) is 2.65. The highest BCUT2D eigenvalue weighted by molar-refractivity contribution is 5.86. The van der Waals surface area contributed by atoms with Crippen molar-refractivity contribution in [3.63, 3.8) is 0 Å². The molecular weight excluding hydrogens is 344 g/mol. The highest BCUT2D eigenvalue weighted by atomic mass is 16.6. The molecule has 0 saturated heterocycles. The van der Waals surface area contributed by atoms with Gasteiger partial charge in [0.2, 0.25) is 0 Å². The summed E-state index contributed by atoms with van der Waals surface area (Å²) in [4.78, 5) is 25.1. The van der Waals surface area contributed by atoms with Crippen LogP contribution >= 0.6 is 0 Å². The second-order valence-corrected chi connectivity index (χ2v) is 9.30. The third-order valence-corrected chi connectivity index (χ3v) is 8.21. The zero-order valence-electron chi connectivity index (χ0n) is 16.7. The van der Waals surface area contributed by atoms with Gasteiger partial charge in [0, 0.05) is 23.2 Å². The first kappa shape index (κ1) is 20.3.